The Morgan fingerprint density at radius 2 is 1.77 bits per heavy atom. The van der Waals surface area contributed by atoms with Crippen molar-refractivity contribution in [1.82, 2.24) is 9.78 Å². The predicted octanol–water partition coefficient (Wildman–Crippen LogP) is 2.67. The van der Waals surface area contributed by atoms with Crippen LogP contribution in [0.5, 0.6) is 5.75 Å². The molecular formula is C18H13N3O5. The van der Waals surface area contributed by atoms with Gasteiger partial charge in [0.15, 0.2) is 0 Å². The lowest BCUT2D eigenvalue weighted by Crippen LogP contribution is -2.26. The van der Waals surface area contributed by atoms with Gasteiger partial charge in [0.25, 0.3) is 5.69 Å². The van der Waals surface area contributed by atoms with Crippen molar-refractivity contribution >= 4 is 11.7 Å². The molecule has 8 nitrogen and oxygen atoms in total. The summed E-state index contributed by atoms with van der Waals surface area (Å²) in [6.07, 6.45) is 0. The van der Waals surface area contributed by atoms with Crippen LogP contribution in [0.25, 0.3) is 5.69 Å². The highest BCUT2D eigenvalue weighted by molar-refractivity contribution is 5.88. The van der Waals surface area contributed by atoms with Gasteiger partial charge in [-0.05, 0) is 25.1 Å². The Morgan fingerprint density at radius 1 is 1.12 bits per heavy atom. The van der Waals surface area contributed by atoms with Gasteiger partial charge in [-0.15, -0.1) is 0 Å². The Morgan fingerprint density at radius 3 is 2.46 bits per heavy atom. The van der Waals surface area contributed by atoms with Crippen LogP contribution in [0.15, 0.2) is 65.5 Å². The first-order chi connectivity index (χ1) is 12.5. The molecule has 130 valence electrons. The fraction of sp³-hybridized carbons (Fsp3) is 0.0556. The van der Waals surface area contributed by atoms with Crippen molar-refractivity contribution in [2.75, 3.05) is 0 Å². The fourth-order valence-corrected chi connectivity index (χ4v) is 2.37. The van der Waals surface area contributed by atoms with Crippen LogP contribution in [0.4, 0.5) is 5.69 Å². The average Bonchev–Trinajstić information content (AvgIpc) is 2.62. The molecule has 0 saturated heterocycles. The molecule has 26 heavy (non-hydrogen) atoms. The van der Waals surface area contributed by atoms with E-state index in [1.54, 1.807) is 43.3 Å². The van der Waals surface area contributed by atoms with E-state index in [4.69, 9.17) is 4.74 Å². The molecule has 0 amide bonds. The van der Waals surface area contributed by atoms with Crippen molar-refractivity contribution in [1.29, 1.82) is 0 Å². The number of nitrogens with zero attached hydrogens (tertiary/aromatic N) is 3. The topological polar surface area (TPSA) is 104 Å². The fourth-order valence-electron chi connectivity index (χ4n) is 2.37. The first-order valence-electron chi connectivity index (χ1n) is 7.59. The summed E-state index contributed by atoms with van der Waals surface area (Å²) < 4.78 is 6.32. The Hall–Kier alpha value is -3.81. The number of carbonyl (C=O) groups is 1. The van der Waals surface area contributed by atoms with Gasteiger partial charge in [0, 0.05) is 17.8 Å². The van der Waals surface area contributed by atoms with Crippen molar-refractivity contribution in [3.8, 4) is 11.4 Å². The average molecular weight is 351 g/mol. The molecule has 0 atom stereocenters. The number of hydrogen-bond acceptors (Lipinski definition) is 6. The number of nitro groups is 1. The number of hydrogen-bond donors (Lipinski definition) is 0. The first kappa shape index (κ1) is 17.0. The molecule has 0 N–H and O–H groups in total. The smallest absolute Gasteiger partial charge is 0.368 e. The number of nitro benzene ring substituents is 1. The van der Waals surface area contributed by atoms with Crippen LogP contribution in [0.2, 0.25) is 0 Å². The summed E-state index contributed by atoms with van der Waals surface area (Å²) in [7, 11) is 0. The first-order valence-corrected chi connectivity index (χ1v) is 7.59. The van der Waals surface area contributed by atoms with E-state index in [1.807, 2.05) is 0 Å². The number of para-hydroxylation sites is 3. The number of ether oxygens (including phenoxy) is 1. The standard InChI is InChI=1S/C18H13N3O5/c1-12-11-16(22)17(18(23)26-13-7-3-2-4-8-13)19-20(12)14-9-5-6-10-15(14)21(24)25/h2-11H,1H3. The van der Waals surface area contributed by atoms with Gasteiger partial charge in [-0.1, -0.05) is 30.3 Å². The van der Waals surface area contributed by atoms with Gasteiger partial charge in [-0.3, -0.25) is 14.9 Å². The maximum absolute atomic E-state index is 12.3. The Bertz CT molecular complexity index is 1040. The highest BCUT2D eigenvalue weighted by Gasteiger charge is 2.21. The lowest BCUT2D eigenvalue weighted by molar-refractivity contribution is -0.384. The third-order valence-electron chi connectivity index (χ3n) is 3.56. The van der Waals surface area contributed by atoms with Crippen molar-refractivity contribution in [3.05, 3.63) is 92.4 Å². The number of esters is 1. The molecule has 0 spiro atoms. The summed E-state index contributed by atoms with van der Waals surface area (Å²) in [5.41, 5.74) is -0.797. The van der Waals surface area contributed by atoms with Gasteiger partial charge in [-0.2, -0.15) is 5.10 Å². The van der Waals surface area contributed by atoms with Crippen molar-refractivity contribution in [2.45, 2.75) is 6.92 Å². The second-order valence-electron chi connectivity index (χ2n) is 5.36. The molecule has 2 aromatic carbocycles. The number of carbonyl (C=O) groups excluding carboxylic acids is 1. The maximum atomic E-state index is 12.3. The van der Waals surface area contributed by atoms with Gasteiger partial charge in [0.05, 0.1) is 4.92 Å². The molecule has 3 rings (SSSR count). The zero-order valence-electron chi connectivity index (χ0n) is 13.7. The number of rotatable bonds is 4. The van der Waals surface area contributed by atoms with E-state index >= 15 is 0 Å². The molecule has 1 heterocycles. The highest BCUT2D eigenvalue weighted by Crippen LogP contribution is 2.22. The van der Waals surface area contributed by atoms with Crippen LogP contribution in [0, 0.1) is 17.0 Å². The Kier molecular flexibility index (Phi) is 4.57. The monoisotopic (exact) mass is 351 g/mol. The van der Waals surface area contributed by atoms with E-state index < -0.39 is 22.0 Å². The summed E-state index contributed by atoms with van der Waals surface area (Å²) in [5, 5.41) is 15.3. The van der Waals surface area contributed by atoms with Crippen LogP contribution in [-0.2, 0) is 0 Å². The Balaban J connectivity index is 2.07. The molecule has 8 heteroatoms. The van der Waals surface area contributed by atoms with Gasteiger partial charge in [0.2, 0.25) is 11.1 Å². The maximum Gasteiger partial charge on any atom is 0.368 e. The number of benzene rings is 2. The molecule has 0 radical (unpaired) electrons. The molecule has 0 bridgehead atoms. The summed E-state index contributed by atoms with van der Waals surface area (Å²) in [6.45, 7) is 1.57. The summed E-state index contributed by atoms with van der Waals surface area (Å²) >= 11 is 0. The minimum Gasteiger partial charge on any atom is -0.422 e. The quantitative estimate of drug-likeness (QED) is 0.310. The number of aryl methyl sites for hydroxylation is 1. The minimum atomic E-state index is -0.937. The predicted molar refractivity (Wildman–Crippen MR) is 92.6 cm³/mol. The molecule has 0 aliphatic carbocycles. The molecule has 0 aliphatic rings. The van der Waals surface area contributed by atoms with E-state index in [2.05, 4.69) is 5.10 Å². The van der Waals surface area contributed by atoms with E-state index in [0.29, 0.717) is 5.69 Å². The second-order valence-corrected chi connectivity index (χ2v) is 5.36. The van der Waals surface area contributed by atoms with E-state index in [1.165, 1.54) is 28.9 Å². The van der Waals surface area contributed by atoms with Crippen LogP contribution >= 0.6 is 0 Å². The third-order valence-corrected chi connectivity index (χ3v) is 3.56. The van der Waals surface area contributed by atoms with Gasteiger partial charge in [-0.25, -0.2) is 9.48 Å². The van der Waals surface area contributed by atoms with Crippen LogP contribution < -0.4 is 10.2 Å². The number of aromatic nitrogens is 2. The van der Waals surface area contributed by atoms with E-state index in [0.717, 1.165) is 0 Å². The highest BCUT2D eigenvalue weighted by atomic mass is 16.6. The summed E-state index contributed by atoms with van der Waals surface area (Å²) in [4.78, 5) is 35.2. The molecule has 1 aromatic heterocycles. The second kappa shape index (κ2) is 6.98. The summed E-state index contributed by atoms with van der Waals surface area (Å²) in [6, 6.07) is 15.3. The molecular weight excluding hydrogens is 338 g/mol. The molecule has 0 unspecified atom stereocenters. The molecule has 0 saturated carbocycles. The van der Waals surface area contributed by atoms with Crippen molar-refractivity contribution < 1.29 is 14.5 Å². The largest absolute Gasteiger partial charge is 0.422 e. The van der Waals surface area contributed by atoms with Crippen LogP contribution in [0.1, 0.15) is 16.2 Å². The van der Waals surface area contributed by atoms with E-state index in [9.17, 15) is 19.7 Å². The van der Waals surface area contributed by atoms with Gasteiger partial charge < -0.3 is 4.74 Å². The molecule has 0 fully saturated rings. The van der Waals surface area contributed by atoms with Crippen molar-refractivity contribution in [2.24, 2.45) is 0 Å². The van der Waals surface area contributed by atoms with Crippen LogP contribution in [-0.4, -0.2) is 20.7 Å². The third kappa shape index (κ3) is 3.34. The van der Waals surface area contributed by atoms with Crippen molar-refractivity contribution in [3.63, 3.8) is 0 Å². The zero-order chi connectivity index (χ0) is 18.7. The normalized spacial score (nSPS) is 10.3. The lowest BCUT2D eigenvalue weighted by Gasteiger charge is -2.11. The van der Waals surface area contributed by atoms with Gasteiger partial charge in [0.1, 0.15) is 11.4 Å². The van der Waals surface area contributed by atoms with Gasteiger partial charge >= 0.3 is 5.97 Å². The minimum absolute atomic E-state index is 0.142. The SMILES string of the molecule is Cc1cc(=O)c(C(=O)Oc2ccccc2)nn1-c1ccccc1[N+](=O)[O-]. The zero-order valence-corrected chi connectivity index (χ0v) is 13.7. The van der Waals surface area contributed by atoms with E-state index in [-0.39, 0.29) is 17.1 Å². The lowest BCUT2D eigenvalue weighted by atomic mass is 10.2. The molecule has 0 aliphatic heterocycles. The van der Waals surface area contributed by atoms with Crippen LogP contribution in [0.3, 0.4) is 0 Å². The Labute approximate surface area is 147 Å². The summed E-state index contributed by atoms with van der Waals surface area (Å²) in [5.74, 6) is -0.676. The molecule has 3 aromatic rings.